The van der Waals surface area contributed by atoms with Crippen molar-refractivity contribution >= 4 is 39.1 Å². The summed E-state index contributed by atoms with van der Waals surface area (Å²) in [4.78, 5) is 13.9. The van der Waals surface area contributed by atoms with Gasteiger partial charge < -0.3 is 10.2 Å². The van der Waals surface area contributed by atoms with Gasteiger partial charge in [0.25, 0.3) is 0 Å². The lowest BCUT2D eigenvalue weighted by molar-refractivity contribution is -0.135. The zero-order valence-electron chi connectivity index (χ0n) is 13.0. The Kier molecular flexibility index (Phi) is 5.36. The van der Waals surface area contributed by atoms with Crippen LogP contribution in [-0.2, 0) is 14.8 Å². The minimum atomic E-state index is -3.74. The molecule has 1 amide bonds. The van der Waals surface area contributed by atoms with E-state index in [0.29, 0.717) is 31.1 Å². The predicted octanol–water partition coefficient (Wildman–Crippen LogP) is 1.58. The molecule has 3 rings (SSSR count). The highest BCUT2D eigenvalue weighted by atomic mass is 35.5. The van der Waals surface area contributed by atoms with Crippen molar-refractivity contribution in [2.75, 3.05) is 32.7 Å². The number of piperidine rings is 1. The van der Waals surface area contributed by atoms with Crippen molar-refractivity contribution in [3.8, 4) is 0 Å². The maximum absolute atomic E-state index is 12.9. The standard InChI is InChI=1S/C15H19Cl2N3O3S/c16-11-3-4-13(17)14(8-11)24(22,23)19-6-1-2-12(10-19)20-7-5-18-9-15(20)21/h3-4,8,12,18H,1-2,5-7,9-10H2. The van der Waals surface area contributed by atoms with Crippen LogP contribution in [0.3, 0.4) is 0 Å². The first-order valence-corrected chi connectivity index (χ1v) is 10.0. The average Bonchev–Trinajstić information content (AvgIpc) is 2.57. The molecule has 132 valence electrons. The molecule has 0 aliphatic carbocycles. The highest BCUT2D eigenvalue weighted by Gasteiger charge is 2.35. The normalized spacial score (nSPS) is 23.5. The van der Waals surface area contributed by atoms with Crippen molar-refractivity contribution in [3.05, 3.63) is 28.2 Å². The number of nitrogens with zero attached hydrogens (tertiary/aromatic N) is 2. The summed E-state index contributed by atoms with van der Waals surface area (Å²) in [5.41, 5.74) is 0. The van der Waals surface area contributed by atoms with Gasteiger partial charge in [-0.15, -0.1) is 0 Å². The van der Waals surface area contributed by atoms with Crippen molar-refractivity contribution in [2.45, 2.75) is 23.8 Å². The summed E-state index contributed by atoms with van der Waals surface area (Å²) in [6.45, 7) is 2.35. The lowest BCUT2D eigenvalue weighted by Gasteiger charge is -2.40. The number of amides is 1. The molecule has 1 aromatic rings. The van der Waals surface area contributed by atoms with Crippen LogP contribution in [0.4, 0.5) is 0 Å². The van der Waals surface area contributed by atoms with Gasteiger partial charge >= 0.3 is 0 Å². The van der Waals surface area contributed by atoms with Crippen LogP contribution >= 0.6 is 23.2 Å². The van der Waals surface area contributed by atoms with E-state index in [2.05, 4.69) is 5.32 Å². The topological polar surface area (TPSA) is 69.7 Å². The number of halogens is 2. The van der Waals surface area contributed by atoms with Gasteiger partial charge in [0.1, 0.15) is 4.90 Å². The van der Waals surface area contributed by atoms with Crippen LogP contribution < -0.4 is 5.32 Å². The summed E-state index contributed by atoms with van der Waals surface area (Å²) in [5.74, 6) is 0.0197. The summed E-state index contributed by atoms with van der Waals surface area (Å²) in [7, 11) is -3.74. The lowest BCUT2D eigenvalue weighted by Crippen LogP contribution is -2.57. The van der Waals surface area contributed by atoms with E-state index in [4.69, 9.17) is 23.2 Å². The monoisotopic (exact) mass is 391 g/mol. The Morgan fingerprint density at radius 2 is 2.00 bits per heavy atom. The molecule has 0 spiro atoms. The van der Waals surface area contributed by atoms with E-state index in [1.165, 1.54) is 16.4 Å². The van der Waals surface area contributed by atoms with Crippen molar-refractivity contribution in [1.29, 1.82) is 0 Å². The molecule has 0 bridgehead atoms. The van der Waals surface area contributed by atoms with Gasteiger partial charge in [-0.05, 0) is 31.0 Å². The molecule has 0 saturated carbocycles. The summed E-state index contributed by atoms with van der Waals surface area (Å²) >= 11 is 12.0. The van der Waals surface area contributed by atoms with E-state index >= 15 is 0 Å². The second-order valence-corrected chi connectivity index (χ2v) is 8.75. The Morgan fingerprint density at radius 1 is 1.21 bits per heavy atom. The number of hydrogen-bond acceptors (Lipinski definition) is 4. The minimum Gasteiger partial charge on any atom is -0.336 e. The molecule has 1 atom stereocenters. The number of nitrogens with one attached hydrogen (secondary N) is 1. The van der Waals surface area contributed by atoms with Crippen LogP contribution in [-0.4, -0.2) is 62.3 Å². The number of sulfonamides is 1. The van der Waals surface area contributed by atoms with Gasteiger partial charge in [-0.1, -0.05) is 23.2 Å². The highest BCUT2D eigenvalue weighted by Crippen LogP contribution is 2.30. The third kappa shape index (κ3) is 3.55. The fraction of sp³-hybridized carbons (Fsp3) is 0.533. The van der Waals surface area contributed by atoms with E-state index < -0.39 is 10.0 Å². The Morgan fingerprint density at radius 3 is 2.75 bits per heavy atom. The van der Waals surface area contributed by atoms with Gasteiger partial charge in [-0.3, -0.25) is 4.79 Å². The fourth-order valence-corrected chi connectivity index (χ4v) is 5.47. The molecule has 24 heavy (non-hydrogen) atoms. The first kappa shape index (κ1) is 17.9. The molecule has 2 heterocycles. The van der Waals surface area contributed by atoms with Gasteiger partial charge in [0.15, 0.2) is 0 Å². The molecule has 0 radical (unpaired) electrons. The Hall–Kier alpha value is -0.860. The second-order valence-electron chi connectivity index (χ2n) is 6.00. The molecular weight excluding hydrogens is 373 g/mol. The van der Waals surface area contributed by atoms with Crippen LogP contribution in [0.1, 0.15) is 12.8 Å². The minimum absolute atomic E-state index is 0.0176. The quantitative estimate of drug-likeness (QED) is 0.848. The first-order chi connectivity index (χ1) is 11.4. The van der Waals surface area contributed by atoms with Crippen LogP contribution in [0.2, 0.25) is 10.0 Å². The largest absolute Gasteiger partial charge is 0.336 e. The van der Waals surface area contributed by atoms with E-state index in [1.54, 1.807) is 11.0 Å². The van der Waals surface area contributed by atoms with Crippen molar-refractivity contribution < 1.29 is 13.2 Å². The first-order valence-electron chi connectivity index (χ1n) is 7.85. The molecule has 2 aliphatic rings. The summed E-state index contributed by atoms with van der Waals surface area (Å²) in [5, 5.41) is 3.50. The van der Waals surface area contributed by atoms with Gasteiger partial charge in [0.2, 0.25) is 15.9 Å². The lowest BCUT2D eigenvalue weighted by atomic mass is 10.1. The number of carbonyl (C=O) groups is 1. The zero-order valence-corrected chi connectivity index (χ0v) is 15.4. The zero-order chi connectivity index (χ0) is 17.3. The van der Waals surface area contributed by atoms with Gasteiger partial charge in [-0.2, -0.15) is 4.31 Å². The molecule has 6 nitrogen and oxygen atoms in total. The number of benzene rings is 1. The van der Waals surface area contributed by atoms with Crippen molar-refractivity contribution in [2.24, 2.45) is 0 Å². The Labute approximate surface area is 151 Å². The number of rotatable bonds is 3. The molecule has 1 aromatic carbocycles. The SMILES string of the molecule is O=C1CNCCN1C1CCCN(S(=O)(=O)c2cc(Cl)ccc2Cl)C1. The van der Waals surface area contributed by atoms with Crippen molar-refractivity contribution in [3.63, 3.8) is 0 Å². The Bertz CT molecular complexity index is 741. The smallest absolute Gasteiger partial charge is 0.244 e. The molecule has 0 aromatic heterocycles. The second kappa shape index (κ2) is 7.17. The number of hydrogen-bond donors (Lipinski definition) is 1. The van der Waals surface area contributed by atoms with E-state index in [9.17, 15) is 13.2 Å². The molecule has 1 N–H and O–H groups in total. The molecule has 9 heteroatoms. The molecular formula is C15H19Cl2N3O3S. The van der Waals surface area contributed by atoms with Gasteiger partial charge in [-0.25, -0.2) is 8.42 Å². The van der Waals surface area contributed by atoms with Crippen LogP contribution in [0.25, 0.3) is 0 Å². The molecule has 2 fully saturated rings. The van der Waals surface area contributed by atoms with Crippen molar-refractivity contribution in [1.82, 2.24) is 14.5 Å². The summed E-state index contributed by atoms with van der Waals surface area (Å²) in [6.07, 6.45) is 1.51. The summed E-state index contributed by atoms with van der Waals surface area (Å²) < 4.78 is 27.3. The van der Waals surface area contributed by atoms with Crippen LogP contribution in [0, 0.1) is 0 Å². The fourth-order valence-electron chi connectivity index (χ4n) is 3.21. The molecule has 2 saturated heterocycles. The highest BCUT2D eigenvalue weighted by molar-refractivity contribution is 7.89. The Balaban J connectivity index is 1.83. The maximum Gasteiger partial charge on any atom is 0.244 e. The van der Waals surface area contributed by atoms with E-state index in [0.717, 1.165) is 13.0 Å². The van der Waals surface area contributed by atoms with E-state index in [-0.39, 0.29) is 28.4 Å². The van der Waals surface area contributed by atoms with Gasteiger partial charge in [0.05, 0.1) is 11.6 Å². The maximum atomic E-state index is 12.9. The third-order valence-electron chi connectivity index (χ3n) is 4.44. The predicted molar refractivity (Wildman–Crippen MR) is 92.8 cm³/mol. The van der Waals surface area contributed by atoms with Crippen LogP contribution in [0.5, 0.6) is 0 Å². The van der Waals surface area contributed by atoms with Gasteiger partial charge in [0, 0.05) is 37.2 Å². The molecule has 2 aliphatic heterocycles. The summed E-state index contributed by atoms with van der Waals surface area (Å²) in [6, 6.07) is 4.32. The number of piperazine rings is 1. The number of carbonyl (C=O) groups excluding carboxylic acids is 1. The third-order valence-corrected chi connectivity index (χ3v) is 7.02. The average molecular weight is 392 g/mol. The molecule has 1 unspecified atom stereocenters. The van der Waals surface area contributed by atoms with E-state index in [1.807, 2.05) is 0 Å². The van der Waals surface area contributed by atoms with Crippen LogP contribution in [0.15, 0.2) is 23.1 Å².